The van der Waals surface area contributed by atoms with Gasteiger partial charge in [-0.25, -0.2) is 0 Å². The minimum atomic E-state index is -0.104. The molecule has 0 atom stereocenters. The Morgan fingerprint density at radius 2 is 1.76 bits per heavy atom. The molecule has 0 unspecified atom stereocenters. The van der Waals surface area contributed by atoms with E-state index in [1.54, 1.807) is 0 Å². The predicted octanol–water partition coefficient (Wildman–Crippen LogP) is 2.03. The zero-order valence-corrected chi connectivity index (χ0v) is 15.1. The first-order chi connectivity index (χ1) is 12.2. The number of aliphatic imine (C=N–C) groups is 1. The van der Waals surface area contributed by atoms with Gasteiger partial charge in [0.15, 0.2) is 5.96 Å². The highest BCUT2D eigenvalue weighted by Gasteiger charge is 2.16. The molecule has 1 aromatic rings. The topological polar surface area (TPSA) is 59.9 Å². The van der Waals surface area contributed by atoms with E-state index in [-0.39, 0.29) is 6.10 Å². The SMILES string of the molecule is CN=C(NCc1ccc(CN2CCC(O)CC2)cc1)NC1CC=CC1. The van der Waals surface area contributed by atoms with Crippen molar-refractivity contribution >= 4 is 5.96 Å². The maximum absolute atomic E-state index is 9.59. The maximum Gasteiger partial charge on any atom is 0.191 e. The van der Waals surface area contributed by atoms with E-state index in [1.807, 2.05) is 7.05 Å². The molecule has 1 aliphatic carbocycles. The fourth-order valence-corrected chi connectivity index (χ4v) is 3.41. The summed E-state index contributed by atoms with van der Waals surface area (Å²) >= 11 is 0. The molecular weight excluding hydrogens is 312 g/mol. The van der Waals surface area contributed by atoms with Crippen molar-refractivity contribution in [1.82, 2.24) is 15.5 Å². The summed E-state index contributed by atoms with van der Waals surface area (Å²) in [7, 11) is 1.82. The summed E-state index contributed by atoms with van der Waals surface area (Å²) in [6.45, 7) is 3.72. The highest BCUT2D eigenvalue weighted by molar-refractivity contribution is 5.80. The molecule has 2 aliphatic rings. The van der Waals surface area contributed by atoms with Crippen molar-refractivity contribution in [2.45, 2.75) is 50.9 Å². The molecule has 1 aromatic carbocycles. The summed E-state index contributed by atoms with van der Waals surface area (Å²) in [5, 5.41) is 16.4. The molecule has 0 bridgehead atoms. The van der Waals surface area contributed by atoms with Gasteiger partial charge in [-0.1, -0.05) is 36.4 Å². The van der Waals surface area contributed by atoms with Gasteiger partial charge in [-0.2, -0.15) is 0 Å². The molecule has 136 valence electrons. The Labute approximate surface area is 150 Å². The van der Waals surface area contributed by atoms with E-state index in [1.165, 1.54) is 11.1 Å². The molecule has 1 saturated heterocycles. The Bertz CT molecular complexity index is 580. The van der Waals surface area contributed by atoms with Gasteiger partial charge in [-0.05, 0) is 36.8 Å². The molecule has 1 aliphatic heterocycles. The van der Waals surface area contributed by atoms with E-state index in [2.05, 4.69) is 56.9 Å². The van der Waals surface area contributed by atoms with Crippen LogP contribution in [0.5, 0.6) is 0 Å². The largest absolute Gasteiger partial charge is 0.393 e. The Morgan fingerprint density at radius 1 is 1.12 bits per heavy atom. The summed E-state index contributed by atoms with van der Waals surface area (Å²) in [6, 6.07) is 9.26. The first-order valence-corrected chi connectivity index (χ1v) is 9.33. The number of piperidine rings is 1. The van der Waals surface area contributed by atoms with Gasteiger partial charge in [-0.15, -0.1) is 0 Å². The zero-order valence-electron chi connectivity index (χ0n) is 15.1. The number of nitrogens with zero attached hydrogens (tertiary/aromatic N) is 2. The monoisotopic (exact) mass is 342 g/mol. The summed E-state index contributed by atoms with van der Waals surface area (Å²) in [5.74, 6) is 0.865. The molecule has 1 fully saturated rings. The average molecular weight is 342 g/mol. The van der Waals surface area contributed by atoms with Gasteiger partial charge in [0.05, 0.1) is 6.10 Å². The molecule has 0 aromatic heterocycles. The number of rotatable bonds is 5. The van der Waals surface area contributed by atoms with Gasteiger partial charge in [0.2, 0.25) is 0 Å². The zero-order chi connectivity index (χ0) is 17.5. The molecule has 0 amide bonds. The van der Waals surface area contributed by atoms with E-state index in [0.29, 0.717) is 6.04 Å². The summed E-state index contributed by atoms with van der Waals surface area (Å²) < 4.78 is 0. The Balaban J connectivity index is 1.43. The molecule has 1 heterocycles. The number of likely N-dealkylation sites (tertiary alicyclic amines) is 1. The number of nitrogens with one attached hydrogen (secondary N) is 2. The van der Waals surface area contributed by atoms with E-state index >= 15 is 0 Å². The van der Waals surface area contributed by atoms with Crippen LogP contribution in [-0.4, -0.2) is 48.2 Å². The van der Waals surface area contributed by atoms with E-state index in [9.17, 15) is 5.11 Å². The Kier molecular flexibility index (Phi) is 6.48. The van der Waals surface area contributed by atoms with Crippen LogP contribution in [0, 0.1) is 0 Å². The van der Waals surface area contributed by atoms with Crippen LogP contribution in [0.3, 0.4) is 0 Å². The van der Waals surface area contributed by atoms with Crippen molar-refractivity contribution in [2.24, 2.45) is 4.99 Å². The van der Waals surface area contributed by atoms with Crippen LogP contribution >= 0.6 is 0 Å². The molecule has 0 saturated carbocycles. The van der Waals surface area contributed by atoms with Crippen LogP contribution in [0.15, 0.2) is 41.4 Å². The third-order valence-corrected chi connectivity index (χ3v) is 5.02. The van der Waals surface area contributed by atoms with Gasteiger partial charge >= 0.3 is 0 Å². The average Bonchev–Trinajstić information content (AvgIpc) is 3.15. The van der Waals surface area contributed by atoms with E-state index < -0.39 is 0 Å². The standard InChI is InChI=1S/C20H30N4O/c1-21-20(23-18-4-2-3-5-18)22-14-16-6-8-17(9-7-16)15-24-12-10-19(25)11-13-24/h2-3,6-9,18-19,25H,4-5,10-15H2,1H3,(H2,21,22,23). The highest BCUT2D eigenvalue weighted by atomic mass is 16.3. The minimum Gasteiger partial charge on any atom is -0.393 e. The van der Waals surface area contributed by atoms with Crippen molar-refractivity contribution < 1.29 is 5.11 Å². The molecule has 3 N–H and O–H groups in total. The lowest BCUT2D eigenvalue weighted by Crippen LogP contribution is -2.42. The third-order valence-electron chi connectivity index (χ3n) is 5.02. The molecular formula is C20H30N4O. The second-order valence-corrected chi connectivity index (χ2v) is 7.03. The fraction of sp³-hybridized carbons (Fsp3) is 0.550. The van der Waals surface area contributed by atoms with Gasteiger partial charge in [-0.3, -0.25) is 9.89 Å². The molecule has 25 heavy (non-hydrogen) atoms. The smallest absolute Gasteiger partial charge is 0.191 e. The molecule has 5 heteroatoms. The Hall–Kier alpha value is -1.85. The van der Waals surface area contributed by atoms with Gasteiger partial charge in [0, 0.05) is 39.3 Å². The minimum absolute atomic E-state index is 0.104. The maximum atomic E-state index is 9.59. The number of hydrogen-bond acceptors (Lipinski definition) is 3. The Morgan fingerprint density at radius 3 is 2.40 bits per heavy atom. The summed E-state index contributed by atoms with van der Waals surface area (Å²) in [5.41, 5.74) is 2.59. The first-order valence-electron chi connectivity index (χ1n) is 9.33. The number of aliphatic hydroxyl groups excluding tert-OH is 1. The fourth-order valence-electron chi connectivity index (χ4n) is 3.41. The lowest BCUT2D eigenvalue weighted by atomic mass is 10.1. The van der Waals surface area contributed by atoms with Crippen LogP contribution in [0.1, 0.15) is 36.8 Å². The number of guanidine groups is 1. The van der Waals surface area contributed by atoms with Crippen LogP contribution in [0.2, 0.25) is 0 Å². The quantitative estimate of drug-likeness (QED) is 0.435. The van der Waals surface area contributed by atoms with Crippen LogP contribution in [-0.2, 0) is 13.1 Å². The molecule has 0 radical (unpaired) electrons. The third kappa shape index (κ3) is 5.58. The lowest BCUT2D eigenvalue weighted by molar-refractivity contribution is 0.0792. The van der Waals surface area contributed by atoms with Crippen molar-refractivity contribution in [2.75, 3.05) is 20.1 Å². The number of hydrogen-bond donors (Lipinski definition) is 3. The summed E-state index contributed by atoms with van der Waals surface area (Å²) in [6.07, 6.45) is 8.26. The van der Waals surface area contributed by atoms with Crippen LogP contribution < -0.4 is 10.6 Å². The highest BCUT2D eigenvalue weighted by Crippen LogP contribution is 2.14. The van der Waals surface area contributed by atoms with Crippen molar-refractivity contribution in [3.05, 3.63) is 47.5 Å². The predicted molar refractivity (Wildman–Crippen MR) is 102 cm³/mol. The van der Waals surface area contributed by atoms with Crippen LogP contribution in [0.25, 0.3) is 0 Å². The first kappa shape index (κ1) is 18.0. The van der Waals surface area contributed by atoms with Gasteiger partial charge in [0.25, 0.3) is 0 Å². The van der Waals surface area contributed by atoms with Gasteiger partial charge < -0.3 is 15.7 Å². The van der Waals surface area contributed by atoms with Crippen LogP contribution in [0.4, 0.5) is 0 Å². The number of benzene rings is 1. The normalized spacial score (nSPS) is 20.2. The number of aliphatic hydroxyl groups is 1. The van der Waals surface area contributed by atoms with Gasteiger partial charge in [0.1, 0.15) is 0 Å². The second-order valence-electron chi connectivity index (χ2n) is 7.03. The van der Waals surface area contributed by atoms with Crippen molar-refractivity contribution in [3.63, 3.8) is 0 Å². The van der Waals surface area contributed by atoms with Crippen molar-refractivity contribution in [1.29, 1.82) is 0 Å². The van der Waals surface area contributed by atoms with E-state index in [0.717, 1.165) is 57.8 Å². The van der Waals surface area contributed by atoms with Crippen molar-refractivity contribution in [3.8, 4) is 0 Å². The molecule has 5 nitrogen and oxygen atoms in total. The van der Waals surface area contributed by atoms with E-state index in [4.69, 9.17) is 0 Å². The summed E-state index contributed by atoms with van der Waals surface area (Å²) in [4.78, 5) is 6.73. The lowest BCUT2D eigenvalue weighted by Gasteiger charge is -2.29. The molecule has 3 rings (SSSR count). The second kappa shape index (κ2) is 9.02. The molecule has 0 spiro atoms.